The lowest BCUT2D eigenvalue weighted by atomic mass is 9.57. The van der Waals surface area contributed by atoms with Gasteiger partial charge in [0.25, 0.3) is 0 Å². The molecule has 9 aromatic rings. The largest absolute Gasteiger partial charge is 0.310 e. The Morgan fingerprint density at radius 1 is 0.339 bits per heavy atom. The molecule has 4 aliphatic carbocycles. The van der Waals surface area contributed by atoms with E-state index in [4.69, 9.17) is 0 Å². The van der Waals surface area contributed by atoms with Gasteiger partial charge < -0.3 is 4.90 Å². The number of fused-ring (bicyclic) bond motifs is 14. The van der Waals surface area contributed by atoms with Crippen LogP contribution < -0.4 is 4.90 Å². The van der Waals surface area contributed by atoms with E-state index in [0.717, 1.165) is 25.7 Å². The van der Waals surface area contributed by atoms with E-state index in [0.29, 0.717) is 0 Å². The van der Waals surface area contributed by atoms with Gasteiger partial charge in [0, 0.05) is 33.0 Å². The van der Waals surface area contributed by atoms with Gasteiger partial charge in [0.15, 0.2) is 0 Å². The topological polar surface area (TPSA) is 3.24 Å². The van der Waals surface area contributed by atoms with E-state index in [1.807, 2.05) is 0 Å². The smallest absolute Gasteiger partial charge is 0.0540 e. The van der Waals surface area contributed by atoms with Crippen molar-refractivity contribution in [3.63, 3.8) is 0 Å². The first-order chi connectivity index (χ1) is 30.4. The van der Waals surface area contributed by atoms with E-state index in [9.17, 15) is 0 Å². The highest BCUT2D eigenvalue weighted by atomic mass is 15.1. The van der Waals surface area contributed by atoms with E-state index in [1.54, 1.807) is 0 Å². The van der Waals surface area contributed by atoms with E-state index < -0.39 is 0 Å². The Labute approximate surface area is 365 Å². The van der Waals surface area contributed by atoms with Crippen LogP contribution >= 0.6 is 0 Å². The van der Waals surface area contributed by atoms with Crippen LogP contribution in [0, 0.1) is 0 Å². The average molecular weight is 794 g/mol. The van der Waals surface area contributed by atoms with Crippen molar-refractivity contribution in [2.75, 3.05) is 4.90 Å². The molecule has 13 rings (SSSR count). The van der Waals surface area contributed by atoms with Crippen molar-refractivity contribution in [2.24, 2.45) is 0 Å². The van der Waals surface area contributed by atoms with Crippen LogP contribution in [-0.4, -0.2) is 0 Å². The fourth-order valence-electron chi connectivity index (χ4n) is 12.7. The molecule has 0 atom stereocenters. The predicted molar refractivity (Wildman–Crippen MR) is 259 cm³/mol. The van der Waals surface area contributed by atoms with Gasteiger partial charge in [-0.25, -0.2) is 0 Å². The fraction of sp³-hybridized carbons (Fsp3) is 0.148. The van der Waals surface area contributed by atoms with Crippen LogP contribution in [0.2, 0.25) is 0 Å². The molecular formula is C61H47N. The molecule has 1 saturated carbocycles. The summed E-state index contributed by atoms with van der Waals surface area (Å²) in [6.07, 6.45) is 4.37. The molecule has 1 heteroatoms. The third-order valence-corrected chi connectivity index (χ3v) is 15.7. The maximum atomic E-state index is 2.59. The molecule has 0 saturated heterocycles. The minimum atomic E-state index is -0.104. The van der Waals surface area contributed by atoms with Crippen LogP contribution in [0.25, 0.3) is 55.3 Å². The van der Waals surface area contributed by atoms with Gasteiger partial charge in [0.1, 0.15) is 0 Å². The van der Waals surface area contributed by atoms with Crippen molar-refractivity contribution in [3.05, 3.63) is 234 Å². The number of hydrogen-bond acceptors (Lipinski definition) is 1. The second-order valence-electron chi connectivity index (χ2n) is 18.8. The normalized spacial score (nSPS) is 19.5. The van der Waals surface area contributed by atoms with Crippen LogP contribution in [0.3, 0.4) is 0 Å². The second-order valence-corrected chi connectivity index (χ2v) is 18.8. The molecule has 2 spiro atoms. The minimum Gasteiger partial charge on any atom is -0.310 e. The van der Waals surface area contributed by atoms with Gasteiger partial charge in [0.2, 0.25) is 0 Å². The molecule has 1 fully saturated rings. The second kappa shape index (κ2) is 13.0. The summed E-state index contributed by atoms with van der Waals surface area (Å²) in [5.74, 6) is 0. The summed E-state index contributed by atoms with van der Waals surface area (Å²) in [5, 5.41) is 2.50. The molecule has 62 heavy (non-hydrogen) atoms. The van der Waals surface area contributed by atoms with Crippen molar-refractivity contribution in [1.82, 2.24) is 0 Å². The standard InChI is InChI=1S/C61H47N/c1-59(2)52-23-11-8-20-46(52)49-31-28-43(38-55(49)59)62(58-26-14-18-41-17-6-7-19-45(41)58)44-29-32-51-48-22-10-13-25-54(48)61(57(51)39-44)35-33-60(34-36-61)53-24-12-9-21-47(53)50-30-27-42(37-56(50)60)40-15-4-3-5-16-40/h3-32,37-39H,33-36H2,1-2H3. The van der Waals surface area contributed by atoms with Gasteiger partial charge in [-0.2, -0.15) is 0 Å². The highest BCUT2D eigenvalue weighted by molar-refractivity contribution is 6.00. The predicted octanol–water partition coefficient (Wildman–Crippen LogP) is 16.1. The summed E-state index contributed by atoms with van der Waals surface area (Å²) < 4.78 is 0. The van der Waals surface area contributed by atoms with Gasteiger partial charge in [-0.15, -0.1) is 0 Å². The molecule has 0 bridgehead atoms. The van der Waals surface area contributed by atoms with Gasteiger partial charge >= 0.3 is 0 Å². The Morgan fingerprint density at radius 2 is 0.806 bits per heavy atom. The van der Waals surface area contributed by atoms with Crippen molar-refractivity contribution >= 4 is 27.8 Å². The number of benzene rings is 9. The van der Waals surface area contributed by atoms with E-state index >= 15 is 0 Å². The molecule has 0 radical (unpaired) electrons. The molecule has 0 heterocycles. The highest BCUT2D eigenvalue weighted by Crippen LogP contribution is 2.64. The lowest BCUT2D eigenvalue weighted by molar-refractivity contribution is 0.265. The number of rotatable bonds is 4. The molecule has 0 amide bonds. The third-order valence-electron chi connectivity index (χ3n) is 15.7. The quantitative estimate of drug-likeness (QED) is 0.172. The zero-order chi connectivity index (χ0) is 41.2. The first-order valence-electron chi connectivity index (χ1n) is 22.5. The summed E-state index contributed by atoms with van der Waals surface area (Å²) in [7, 11) is 0. The van der Waals surface area contributed by atoms with Gasteiger partial charge in [-0.1, -0.05) is 178 Å². The Kier molecular flexibility index (Phi) is 7.51. The van der Waals surface area contributed by atoms with Gasteiger partial charge in [0.05, 0.1) is 5.69 Å². The Balaban J connectivity index is 0.970. The zero-order valence-corrected chi connectivity index (χ0v) is 35.3. The highest BCUT2D eigenvalue weighted by Gasteiger charge is 2.53. The van der Waals surface area contributed by atoms with Crippen molar-refractivity contribution in [1.29, 1.82) is 0 Å². The average Bonchev–Trinajstić information content (AvgIpc) is 3.85. The maximum Gasteiger partial charge on any atom is 0.0540 e. The van der Waals surface area contributed by atoms with Crippen molar-refractivity contribution in [3.8, 4) is 44.5 Å². The zero-order valence-electron chi connectivity index (χ0n) is 35.3. The SMILES string of the molecule is CC1(C)c2ccccc2-c2ccc(N(c3ccc4c(c3)C3(CCC5(CC3)c3ccccc3-c3ccc(-c6ccccc6)cc35)c3ccccc3-4)c3cccc4ccccc34)cc21. The molecule has 0 aliphatic heterocycles. The van der Waals surface area contributed by atoms with Crippen LogP contribution in [0.4, 0.5) is 17.1 Å². The molecule has 296 valence electrons. The van der Waals surface area contributed by atoms with Crippen LogP contribution in [0.5, 0.6) is 0 Å². The maximum absolute atomic E-state index is 2.59. The Bertz CT molecular complexity index is 3280. The summed E-state index contributed by atoms with van der Waals surface area (Å²) in [4.78, 5) is 2.55. The summed E-state index contributed by atoms with van der Waals surface area (Å²) in [6.45, 7) is 4.78. The van der Waals surface area contributed by atoms with E-state index in [2.05, 4.69) is 219 Å². The van der Waals surface area contributed by atoms with Gasteiger partial charge in [-0.05, 0) is 145 Å². The number of anilines is 3. The van der Waals surface area contributed by atoms with Crippen LogP contribution in [0.1, 0.15) is 72.9 Å². The summed E-state index contributed by atoms with van der Waals surface area (Å²) >= 11 is 0. The first kappa shape index (κ1) is 35.8. The van der Waals surface area contributed by atoms with E-state index in [1.165, 1.54) is 106 Å². The summed E-state index contributed by atoms with van der Waals surface area (Å²) in [5.41, 5.74) is 23.1. The molecule has 0 unspecified atom stereocenters. The summed E-state index contributed by atoms with van der Waals surface area (Å²) in [6, 6.07) is 76.1. The molecule has 4 aliphatic rings. The fourth-order valence-corrected chi connectivity index (χ4v) is 12.7. The van der Waals surface area contributed by atoms with E-state index in [-0.39, 0.29) is 16.2 Å². The minimum absolute atomic E-state index is 0.0267. The monoisotopic (exact) mass is 793 g/mol. The Morgan fingerprint density at radius 3 is 1.47 bits per heavy atom. The van der Waals surface area contributed by atoms with Crippen LogP contribution in [0.15, 0.2) is 200 Å². The van der Waals surface area contributed by atoms with Crippen molar-refractivity contribution < 1.29 is 0 Å². The first-order valence-corrected chi connectivity index (χ1v) is 22.5. The molecule has 1 nitrogen and oxygen atoms in total. The molecule has 0 N–H and O–H groups in total. The van der Waals surface area contributed by atoms with Crippen molar-refractivity contribution in [2.45, 2.75) is 55.8 Å². The van der Waals surface area contributed by atoms with Crippen LogP contribution in [-0.2, 0) is 16.2 Å². The molecular weight excluding hydrogens is 747 g/mol. The molecule has 9 aromatic carbocycles. The van der Waals surface area contributed by atoms with Gasteiger partial charge in [-0.3, -0.25) is 0 Å². The lowest BCUT2D eigenvalue weighted by Crippen LogP contribution is -2.39. The lowest BCUT2D eigenvalue weighted by Gasteiger charge is -2.46. The third kappa shape index (κ3) is 4.85. The Hall–Kier alpha value is -6.96. The number of nitrogens with zero attached hydrogens (tertiary/aromatic N) is 1. The number of hydrogen-bond donors (Lipinski definition) is 0. The molecule has 0 aromatic heterocycles.